The lowest BCUT2D eigenvalue weighted by molar-refractivity contribution is -0.272. The van der Waals surface area contributed by atoms with Gasteiger partial charge in [-0.25, -0.2) is 4.39 Å². The number of carbonyl (C=O) groups is 2. The molecule has 1 aliphatic rings. The van der Waals surface area contributed by atoms with Gasteiger partial charge in [-0.3, -0.25) is 14.6 Å². The van der Waals surface area contributed by atoms with Gasteiger partial charge in [0, 0.05) is 42.4 Å². The van der Waals surface area contributed by atoms with Crippen LogP contribution in [-0.4, -0.2) is 48.3 Å². The molecule has 0 saturated carbocycles. The van der Waals surface area contributed by atoms with Gasteiger partial charge in [-0.05, 0) is 25.1 Å². The number of alkyl halides is 5. The summed E-state index contributed by atoms with van der Waals surface area (Å²) in [6.07, 6.45) is -5.57. The normalized spacial score (nSPS) is 24.3. The van der Waals surface area contributed by atoms with Gasteiger partial charge in [0.05, 0.1) is 0 Å². The van der Waals surface area contributed by atoms with Gasteiger partial charge in [0.2, 0.25) is 0 Å². The summed E-state index contributed by atoms with van der Waals surface area (Å²) < 4.78 is 91.2. The van der Waals surface area contributed by atoms with Gasteiger partial charge in [-0.2, -0.15) is 22.0 Å². The quantitative estimate of drug-likeness (QED) is 0.573. The van der Waals surface area contributed by atoms with Gasteiger partial charge in [-0.1, -0.05) is 13.0 Å². The van der Waals surface area contributed by atoms with Crippen molar-refractivity contribution in [2.45, 2.75) is 44.3 Å². The van der Waals surface area contributed by atoms with Gasteiger partial charge in [0.1, 0.15) is 23.4 Å². The van der Waals surface area contributed by atoms with Crippen LogP contribution in [0.25, 0.3) is 0 Å². The van der Waals surface area contributed by atoms with Crippen LogP contribution in [0.5, 0.6) is 5.75 Å². The third kappa shape index (κ3) is 5.19. The van der Waals surface area contributed by atoms with Crippen LogP contribution in [0.4, 0.5) is 32.0 Å². The molecule has 0 aliphatic carbocycles. The summed E-state index contributed by atoms with van der Waals surface area (Å²) in [6, 6.07) is 4.93. The summed E-state index contributed by atoms with van der Waals surface area (Å²) in [5.74, 6) is -6.21. The summed E-state index contributed by atoms with van der Waals surface area (Å²) in [6.45, 7) is -1.50. The molecule has 1 fully saturated rings. The van der Waals surface area contributed by atoms with E-state index in [1.165, 1.54) is 25.4 Å². The van der Waals surface area contributed by atoms with E-state index in [-0.39, 0.29) is 16.9 Å². The first-order chi connectivity index (χ1) is 16.3. The molecule has 1 aromatic heterocycles. The molecule has 7 nitrogen and oxygen atoms in total. The highest BCUT2D eigenvalue weighted by Gasteiger charge is 2.65. The third-order valence-electron chi connectivity index (χ3n) is 5.96. The Labute approximate surface area is 195 Å². The van der Waals surface area contributed by atoms with Crippen LogP contribution in [0.15, 0.2) is 36.5 Å². The first kappa shape index (κ1) is 26.3. The van der Waals surface area contributed by atoms with Crippen molar-refractivity contribution < 1.29 is 45.4 Å². The number of pyridine rings is 1. The Kier molecular flexibility index (Phi) is 7.29. The second-order valence-corrected chi connectivity index (χ2v) is 8.02. The van der Waals surface area contributed by atoms with E-state index < -0.39 is 59.7 Å². The summed E-state index contributed by atoms with van der Waals surface area (Å²) in [7, 11) is 1.35. The molecular formula is C22H21F6N3O4. The van der Waals surface area contributed by atoms with Gasteiger partial charge in [0.15, 0.2) is 5.60 Å². The van der Waals surface area contributed by atoms with Crippen LogP contribution in [0, 0.1) is 11.7 Å². The molecule has 2 N–H and O–H groups in total. The molecule has 13 heteroatoms. The molecule has 2 aromatic rings. The number of rotatable bonds is 6. The number of halogens is 6. The Balaban J connectivity index is 2.04. The second kappa shape index (κ2) is 9.72. The second-order valence-electron chi connectivity index (χ2n) is 8.02. The lowest BCUT2D eigenvalue weighted by Crippen LogP contribution is -2.47. The minimum atomic E-state index is -4.94. The molecule has 3 rings (SSSR count). The van der Waals surface area contributed by atoms with Crippen molar-refractivity contribution in [3.8, 4) is 5.75 Å². The zero-order valence-corrected chi connectivity index (χ0v) is 18.6. The van der Waals surface area contributed by atoms with Crippen molar-refractivity contribution in [2.24, 2.45) is 5.92 Å². The maximum absolute atomic E-state index is 14.0. The molecule has 1 aromatic carbocycles. The van der Waals surface area contributed by atoms with E-state index in [0.29, 0.717) is 6.07 Å². The number of carbonyl (C=O) groups excluding carboxylic acids is 2. The summed E-state index contributed by atoms with van der Waals surface area (Å²) >= 11 is 0. The number of anilines is 1. The average molecular weight is 505 g/mol. The van der Waals surface area contributed by atoms with E-state index in [4.69, 9.17) is 4.74 Å². The lowest BCUT2D eigenvalue weighted by atomic mass is 9.77. The Morgan fingerprint density at radius 3 is 2.49 bits per heavy atom. The number of amides is 2. The van der Waals surface area contributed by atoms with E-state index in [1.54, 1.807) is 0 Å². The van der Waals surface area contributed by atoms with Gasteiger partial charge < -0.3 is 20.1 Å². The van der Waals surface area contributed by atoms with Crippen LogP contribution in [0.3, 0.4) is 0 Å². The zero-order valence-electron chi connectivity index (χ0n) is 18.6. The Morgan fingerprint density at radius 2 is 1.89 bits per heavy atom. The predicted molar refractivity (Wildman–Crippen MR) is 111 cm³/mol. The zero-order chi connectivity index (χ0) is 26.1. The van der Waals surface area contributed by atoms with Crippen LogP contribution >= 0.6 is 0 Å². The number of hydrogen-bond acceptors (Lipinski definition) is 5. The number of nitrogens with one attached hydrogen (secondary N) is 2. The molecule has 190 valence electrons. The third-order valence-corrected chi connectivity index (χ3v) is 5.96. The van der Waals surface area contributed by atoms with Crippen LogP contribution < -0.4 is 15.4 Å². The molecule has 0 bridgehead atoms. The SMILES string of the molecule is CNC(=O)c1cc(NC(=O)[C@@H]2O[C@@](C)(C(F)(F)F)[C@H](C)[C@H]2c2ccc(F)cc2OC(F)F)ccn1. The minimum absolute atomic E-state index is 0.0300. The molecule has 35 heavy (non-hydrogen) atoms. The summed E-state index contributed by atoms with van der Waals surface area (Å²) in [4.78, 5) is 28.7. The predicted octanol–water partition coefficient (Wildman–Crippen LogP) is 4.26. The van der Waals surface area contributed by atoms with Gasteiger partial charge in [0.25, 0.3) is 11.8 Å². The van der Waals surface area contributed by atoms with Crippen LogP contribution in [0.1, 0.15) is 35.8 Å². The fraction of sp³-hybridized carbons (Fsp3) is 0.409. The van der Waals surface area contributed by atoms with Crippen LogP contribution in [-0.2, 0) is 9.53 Å². The molecule has 2 amide bonds. The molecule has 1 aliphatic heterocycles. The largest absolute Gasteiger partial charge is 0.434 e. The smallest absolute Gasteiger partial charge is 0.417 e. The molecule has 2 heterocycles. The van der Waals surface area contributed by atoms with E-state index in [1.807, 2.05) is 0 Å². The molecular weight excluding hydrogens is 484 g/mol. The minimum Gasteiger partial charge on any atom is -0.434 e. The molecule has 0 radical (unpaired) electrons. The Bertz CT molecular complexity index is 1110. The van der Waals surface area contributed by atoms with Gasteiger partial charge >= 0.3 is 12.8 Å². The number of hydrogen-bond donors (Lipinski definition) is 2. The summed E-state index contributed by atoms with van der Waals surface area (Å²) in [5, 5.41) is 4.71. The number of nitrogens with zero attached hydrogens (tertiary/aromatic N) is 1. The molecule has 0 spiro atoms. The van der Waals surface area contributed by atoms with Crippen molar-refractivity contribution in [3.63, 3.8) is 0 Å². The highest BCUT2D eigenvalue weighted by molar-refractivity contribution is 5.97. The van der Waals surface area contributed by atoms with Crippen molar-refractivity contribution in [2.75, 3.05) is 12.4 Å². The van der Waals surface area contributed by atoms with E-state index in [2.05, 4.69) is 20.4 Å². The maximum atomic E-state index is 14.0. The Morgan fingerprint density at radius 1 is 1.20 bits per heavy atom. The fourth-order valence-electron chi connectivity index (χ4n) is 3.98. The van der Waals surface area contributed by atoms with Crippen LogP contribution in [0.2, 0.25) is 0 Å². The van der Waals surface area contributed by atoms with Crippen molar-refractivity contribution in [1.29, 1.82) is 0 Å². The van der Waals surface area contributed by atoms with Crippen molar-refractivity contribution in [3.05, 3.63) is 53.6 Å². The lowest BCUT2D eigenvalue weighted by Gasteiger charge is -2.32. The first-order valence-electron chi connectivity index (χ1n) is 10.3. The van der Waals surface area contributed by atoms with E-state index >= 15 is 0 Å². The standard InChI is InChI=1S/C22H21F6N3O4/c1-10-16(13-5-4-11(23)8-15(13)34-20(24)25)17(35-21(10,2)22(26,27)28)19(33)31-12-6-7-30-14(9-12)18(32)29-3/h4-10,16-17,20H,1-3H3,(H,29,32)(H,30,31,33)/t10-,16+,17-,21-/m1/s1. The Hall–Kier alpha value is -3.35. The highest BCUT2D eigenvalue weighted by Crippen LogP contribution is 2.54. The maximum Gasteiger partial charge on any atom is 0.417 e. The van der Waals surface area contributed by atoms with E-state index in [0.717, 1.165) is 26.0 Å². The average Bonchev–Trinajstić information content (AvgIpc) is 3.05. The fourth-order valence-corrected chi connectivity index (χ4v) is 3.98. The molecule has 4 atom stereocenters. The van der Waals surface area contributed by atoms with E-state index in [9.17, 15) is 35.9 Å². The summed E-state index contributed by atoms with van der Waals surface area (Å²) in [5.41, 5.74) is -3.15. The van der Waals surface area contributed by atoms with Crippen molar-refractivity contribution in [1.82, 2.24) is 10.3 Å². The van der Waals surface area contributed by atoms with Gasteiger partial charge in [-0.15, -0.1) is 0 Å². The topological polar surface area (TPSA) is 89.6 Å². The molecule has 0 unspecified atom stereocenters. The van der Waals surface area contributed by atoms with Crippen molar-refractivity contribution >= 4 is 17.5 Å². The number of ether oxygens (including phenoxy) is 2. The number of benzene rings is 1. The molecule has 1 saturated heterocycles. The number of aromatic nitrogens is 1. The first-order valence-corrected chi connectivity index (χ1v) is 10.3. The monoisotopic (exact) mass is 505 g/mol. The highest BCUT2D eigenvalue weighted by atomic mass is 19.4.